The zero-order valence-corrected chi connectivity index (χ0v) is 17.7. The summed E-state index contributed by atoms with van der Waals surface area (Å²) < 4.78 is 34.0. The predicted octanol–water partition coefficient (Wildman–Crippen LogP) is 0.281. The lowest BCUT2D eigenvalue weighted by molar-refractivity contribution is -0.134. The van der Waals surface area contributed by atoms with E-state index in [1.165, 1.54) is 16.6 Å². The van der Waals surface area contributed by atoms with Crippen molar-refractivity contribution in [3.05, 3.63) is 35.5 Å². The summed E-state index contributed by atoms with van der Waals surface area (Å²) in [4.78, 5) is 26.5. The third kappa shape index (κ3) is 4.06. The van der Waals surface area contributed by atoms with Gasteiger partial charge in [-0.05, 0) is 32.9 Å². The van der Waals surface area contributed by atoms with Gasteiger partial charge in [0.1, 0.15) is 10.9 Å². The van der Waals surface area contributed by atoms with Crippen LogP contribution in [0.2, 0.25) is 0 Å². The average molecular weight is 423 g/mol. The Hall–Kier alpha value is -2.66. The first-order valence-corrected chi connectivity index (χ1v) is 10.7. The van der Waals surface area contributed by atoms with Gasteiger partial charge in [0, 0.05) is 33.2 Å². The van der Waals surface area contributed by atoms with E-state index in [0.717, 1.165) is 0 Å². The molecule has 0 radical (unpaired) electrons. The Morgan fingerprint density at radius 1 is 1.21 bits per heavy atom. The van der Waals surface area contributed by atoms with Gasteiger partial charge >= 0.3 is 0 Å². The molecule has 3 heterocycles. The molecule has 3 rings (SSSR count). The van der Waals surface area contributed by atoms with Crippen molar-refractivity contribution in [2.24, 2.45) is 7.05 Å². The van der Waals surface area contributed by atoms with Crippen LogP contribution in [0.25, 0.3) is 0 Å². The molecule has 158 valence electrons. The molecule has 1 atom stereocenters. The van der Waals surface area contributed by atoms with Gasteiger partial charge in [0.2, 0.25) is 15.9 Å². The SMILES string of the molecule is Cc1nn(C)c(C)c1S(=O)(=O)N1CCN(C(=O)[C@H](C)NC(=O)c2ccco2)CC1. The summed E-state index contributed by atoms with van der Waals surface area (Å²) >= 11 is 0. The molecule has 0 saturated carbocycles. The first-order valence-electron chi connectivity index (χ1n) is 9.26. The lowest BCUT2D eigenvalue weighted by atomic mass is 10.2. The second kappa shape index (κ2) is 7.99. The molecule has 2 amide bonds. The molecule has 1 saturated heterocycles. The Morgan fingerprint density at radius 2 is 1.86 bits per heavy atom. The monoisotopic (exact) mass is 423 g/mol. The summed E-state index contributed by atoms with van der Waals surface area (Å²) in [5.74, 6) is -0.613. The van der Waals surface area contributed by atoms with E-state index in [2.05, 4.69) is 10.4 Å². The number of aromatic nitrogens is 2. The number of hydrogen-bond acceptors (Lipinski definition) is 6. The van der Waals surface area contributed by atoms with Gasteiger partial charge in [-0.3, -0.25) is 14.3 Å². The van der Waals surface area contributed by atoms with Crippen LogP contribution in [0.4, 0.5) is 0 Å². The normalized spacial score (nSPS) is 16.6. The molecule has 1 aliphatic heterocycles. The number of rotatable bonds is 5. The Labute approximate surface area is 169 Å². The van der Waals surface area contributed by atoms with E-state index in [1.54, 1.807) is 43.5 Å². The number of nitrogens with one attached hydrogen (secondary N) is 1. The van der Waals surface area contributed by atoms with Crippen LogP contribution in [0.1, 0.15) is 28.9 Å². The van der Waals surface area contributed by atoms with E-state index >= 15 is 0 Å². The maximum atomic E-state index is 13.0. The second-order valence-corrected chi connectivity index (χ2v) is 8.90. The summed E-state index contributed by atoms with van der Waals surface area (Å²) in [6.07, 6.45) is 1.38. The van der Waals surface area contributed by atoms with Gasteiger partial charge < -0.3 is 14.6 Å². The van der Waals surface area contributed by atoms with E-state index < -0.39 is 22.0 Å². The van der Waals surface area contributed by atoms with Crippen molar-refractivity contribution in [3.8, 4) is 0 Å². The molecule has 0 aliphatic carbocycles. The molecule has 10 nitrogen and oxygen atoms in total. The van der Waals surface area contributed by atoms with Gasteiger partial charge in [0.05, 0.1) is 17.7 Å². The van der Waals surface area contributed by atoms with Gasteiger partial charge in [0.15, 0.2) is 5.76 Å². The third-order valence-corrected chi connectivity index (χ3v) is 7.21. The van der Waals surface area contributed by atoms with Crippen LogP contribution < -0.4 is 5.32 Å². The van der Waals surface area contributed by atoms with Crippen molar-refractivity contribution < 1.29 is 22.4 Å². The second-order valence-electron chi connectivity index (χ2n) is 7.03. The Morgan fingerprint density at radius 3 is 2.38 bits per heavy atom. The van der Waals surface area contributed by atoms with Crippen LogP contribution in [-0.2, 0) is 21.9 Å². The first-order chi connectivity index (χ1) is 13.6. The van der Waals surface area contributed by atoms with Crippen LogP contribution in [-0.4, -0.2) is 71.4 Å². The van der Waals surface area contributed by atoms with Crippen molar-refractivity contribution in [3.63, 3.8) is 0 Å². The number of hydrogen-bond donors (Lipinski definition) is 1. The highest BCUT2D eigenvalue weighted by Gasteiger charge is 2.35. The van der Waals surface area contributed by atoms with Gasteiger partial charge in [-0.15, -0.1) is 0 Å². The maximum Gasteiger partial charge on any atom is 0.287 e. The average Bonchev–Trinajstić information content (AvgIpc) is 3.30. The fraction of sp³-hybridized carbons (Fsp3) is 0.500. The summed E-state index contributed by atoms with van der Waals surface area (Å²) in [5.41, 5.74) is 1.04. The van der Waals surface area contributed by atoms with Crippen LogP contribution >= 0.6 is 0 Å². The molecular formula is C18H25N5O5S. The van der Waals surface area contributed by atoms with Crippen molar-refractivity contribution in [1.82, 2.24) is 24.3 Å². The maximum absolute atomic E-state index is 13.0. The van der Waals surface area contributed by atoms with Crippen molar-refractivity contribution >= 4 is 21.8 Å². The molecule has 11 heteroatoms. The molecule has 0 unspecified atom stereocenters. The third-order valence-electron chi connectivity index (χ3n) is 5.05. The largest absolute Gasteiger partial charge is 0.459 e. The van der Waals surface area contributed by atoms with E-state index in [4.69, 9.17) is 4.42 Å². The Kier molecular flexibility index (Phi) is 5.80. The number of aryl methyl sites for hydroxylation is 2. The number of piperazine rings is 1. The number of carbonyl (C=O) groups excluding carboxylic acids is 2. The van der Waals surface area contributed by atoms with Crippen molar-refractivity contribution in [1.29, 1.82) is 0 Å². The molecular weight excluding hydrogens is 398 g/mol. The van der Waals surface area contributed by atoms with Crippen molar-refractivity contribution in [2.75, 3.05) is 26.2 Å². The quantitative estimate of drug-likeness (QED) is 0.738. The van der Waals surface area contributed by atoms with Gasteiger partial charge in [-0.2, -0.15) is 9.40 Å². The van der Waals surface area contributed by atoms with E-state index in [-0.39, 0.29) is 42.7 Å². The Bertz CT molecular complexity index is 1000. The molecule has 2 aromatic heterocycles. The summed E-state index contributed by atoms with van der Waals surface area (Å²) in [6.45, 7) is 5.84. The highest BCUT2D eigenvalue weighted by atomic mass is 32.2. The number of sulfonamides is 1. The molecule has 0 aromatic carbocycles. The molecule has 0 bridgehead atoms. The highest BCUT2D eigenvalue weighted by molar-refractivity contribution is 7.89. The fourth-order valence-electron chi connectivity index (χ4n) is 3.42. The molecule has 1 aliphatic rings. The lowest BCUT2D eigenvalue weighted by Crippen LogP contribution is -2.55. The minimum Gasteiger partial charge on any atom is -0.459 e. The van der Waals surface area contributed by atoms with Crippen LogP contribution in [0.3, 0.4) is 0 Å². The van der Waals surface area contributed by atoms with Gasteiger partial charge in [0.25, 0.3) is 5.91 Å². The molecule has 1 N–H and O–H groups in total. The highest BCUT2D eigenvalue weighted by Crippen LogP contribution is 2.24. The minimum absolute atomic E-state index is 0.128. The summed E-state index contributed by atoms with van der Waals surface area (Å²) in [5, 5.41) is 6.78. The number of carbonyl (C=O) groups is 2. The van der Waals surface area contributed by atoms with Crippen LogP contribution in [0.15, 0.2) is 27.7 Å². The standard InChI is InChI=1S/C18H25N5O5S/c1-12-16(14(3)21(4)20-12)29(26,27)23-9-7-22(8-10-23)18(25)13(2)19-17(24)15-6-5-11-28-15/h5-6,11,13H,7-10H2,1-4H3,(H,19,24)/t13-/m0/s1. The molecule has 1 fully saturated rings. The molecule has 2 aromatic rings. The number of furan rings is 1. The van der Waals surface area contributed by atoms with Crippen LogP contribution in [0.5, 0.6) is 0 Å². The summed E-state index contributed by atoms with van der Waals surface area (Å²) in [7, 11) is -1.99. The number of nitrogens with zero attached hydrogens (tertiary/aromatic N) is 4. The van der Waals surface area contributed by atoms with Gasteiger partial charge in [-0.1, -0.05) is 0 Å². The smallest absolute Gasteiger partial charge is 0.287 e. The summed E-state index contributed by atoms with van der Waals surface area (Å²) in [6, 6.07) is 2.35. The molecule has 29 heavy (non-hydrogen) atoms. The zero-order chi connectivity index (χ0) is 21.3. The van der Waals surface area contributed by atoms with Crippen molar-refractivity contribution in [2.45, 2.75) is 31.7 Å². The van der Waals surface area contributed by atoms with Crippen LogP contribution in [0, 0.1) is 13.8 Å². The molecule has 0 spiro atoms. The fourth-order valence-corrected chi connectivity index (χ4v) is 5.24. The van der Waals surface area contributed by atoms with E-state index in [9.17, 15) is 18.0 Å². The number of amides is 2. The minimum atomic E-state index is -3.69. The van der Waals surface area contributed by atoms with Gasteiger partial charge in [-0.25, -0.2) is 8.42 Å². The van der Waals surface area contributed by atoms with E-state index in [0.29, 0.717) is 11.4 Å². The topological polar surface area (TPSA) is 118 Å². The first kappa shape index (κ1) is 21.1. The lowest BCUT2D eigenvalue weighted by Gasteiger charge is -2.35. The zero-order valence-electron chi connectivity index (χ0n) is 16.9. The van der Waals surface area contributed by atoms with E-state index in [1.807, 2.05) is 0 Å². The Balaban J connectivity index is 1.62. The predicted molar refractivity (Wildman–Crippen MR) is 104 cm³/mol.